The maximum absolute atomic E-state index is 11.3. The van der Waals surface area contributed by atoms with Gasteiger partial charge < -0.3 is 15.5 Å². The highest BCUT2D eigenvalue weighted by Crippen LogP contribution is 2.09. The summed E-state index contributed by atoms with van der Waals surface area (Å²) >= 11 is 0. The van der Waals surface area contributed by atoms with Crippen molar-refractivity contribution >= 4 is 30.7 Å². The van der Waals surface area contributed by atoms with Crippen molar-refractivity contribution < 1.29 is 4.79 Å². The third-order valence-electron chi connectivity index (χ3n) is 2.51. The Morgan fingerprint density at radius 2 is 1.88 bits per heavy atom. The Morgan fingerprint density at radius 1 is 1.31 bits per heavy atom. The van der Waals surface area contributed by atoms with Crippen LogP contribution in [0.25, 0.3) is 0 Å². The maximum Gasteiger partial charge on any atom is 0.234 e. The molecule has 0 spiro atoms. The lowest BCUT2D eigenvalue weighted by atomic mass is 9.98. The molecule has 1 aliphatic rings. The van der Waals surface area contributed by atoms with Gasteiger partial charge in [-0.2, -0.15) is 0 Å². The van der Waals surface area contributed by atoms with Gasteiger partial charge in [-0.05, 0) is 45.9 Å². The van der Waals surface area contributed by atoms with Crippen molar-refractivity contribution in [3.05, 3.63) is 0 Å². The molecule has 0 aromatic carbocycles. The standard InChI is InChI=1S/C10H21N3O.2ClH/c1-13(2)8-10(14)12-7-9-3-5-11-6-4-9;;/h9,11H,3-8H2,1-2H3,(H,12,14);2*1H. The molecule has 0 unspecified atom stereocenters. The minimum atomic E-state index is 0. The number of nitrogens with one attached hydrogen (secondary N) is 2. The minimum absolute atomic E-state index is 0. The average Bonchev–Trinajstić information content (AvgIpc) is 2.15. The zero-order valence-electron chi connectivity index (χ0n) is 9.99. The van der Waals surface area contributed by atoms with E-state index in [0.29, 0.717) is 12.5 Å². The fourth-order valence-corrected chi connectivity index (χ4v) is 1.69. The van der Waals surface area contributed by atoms with Gasteiger partial charge in [-0.3, -0.25) is 4.79 Å². The van der Waals surface area contributed by atoms with Gasteiger partial charge in [0.05, 0.1) is 6.54 Å². The zero-order valence-corrected chi connectivity index (χ0v) is 11.6. The van der Waals surface area contributed by atoms with Crippen molar-refractivity contribution in [3.8, 4) is 0 Å². The molecule has 1 heterocycles. The maximum atomic E-state index is 11.3. The molecule has 1 saturated heterocycles. The van der Waals surface area contributed by atoms with Crippen LogP contribution < -0.4 is 10.6 Å². The van der Waals surface area contributed by atoms with Gasteiger partial charge in [0, 0.05) is 6.54 Å². The van der Waals surface area contributed by atoms with E-state index in [1.54, 1.807) is 0 Å². The number of amides is 1. The van der Waals surface area contributed by atoms with Gasteiger partial charge in [-0.15, -0.1) is 24.8 Å². The van der Waals surface area contributed by atoms with E-state index in [-0.39, 0.29) is 30.7 Å². The first-order valence-corrected chi connectivity index (χ1v) is 5.30. The Labute approximate surface area is 110 Å². The summed E-state index contributed by atoms with van der Waals surface area (Å²) in [5.74, 6) is 0.802. The van der Waals surface area contributed by atoms with E-state index < -0.39 is 0 Å². The first kappa shape index (κ1) is 18.3. The fourth-order valence-electron chi connectivity index (χ4n) is 1.69. The average molecular weight is 272 g/mol. The highest BCUT2D eigenvalue weighted by atomic mass is 35.5. The molecule has 98 valence electrons. The Bertz CT molecular complexity index is 185. The van der Waals surface area contributed by atoms with Crippen LogP contribution in [0.3, 0.4) is 0 Å². The van der Waals surface area contributed by atoms with Gasteiger partial charge in [0.1, 0.15) is 0 Å². The van der Waals surface area contributed by atoms with Gasteiger partial charge in [0.2, 0.25) is 5.91 Å². The van der Waals surface area contributed by atoms with Crippen molar-refractivity contribution in [3.63, 3.8) is 0 Å². The minimum Gasteiger partial charge on any atom is -0.355 e. The van der Waals surface area contributed by atoms with E-state index in [4.69, 9.17) is 0 Å². The van der Waals surface area contributed by atoms with E-state index in [0.717, 1.165) is 19.6 Å². The van der Waals surface area contributed by atoms with Gasteiger partial charge in [-0.25, -0.2) is 0 Å². The van der Waals surface area contributed by atoms with Crippen LogP contribution in [0.2, 0.25) is 0 Å². The Hall–Kier alpha value is -0.0300. The van der Waals surface area contributed by atoms with Gasteiger partial charge in [0.15, 0.2) is 0 Å². The summed E-state index contributed by atoms with van der Waals surface area (Å²) in [5.41, 5.74) is 0. The van der Waals surface area contributed by atoms with Crippen LogP contribution in [0.4, 0.5) is 0 Å². The predicted octanol–water partition coefficient (Wildman–Crippen LogP) is 0.507. The van der Waals surface area contributed by atoms with E-state index in [1.165, 1.54) is 12.8 Å². The molecule has 0 saturated carbocycles. The predicted molar refractivity (Wildman–Crippen MR) is 71.7 cm³/mol. The largest absolute Gasteiger partial charge is 0.355 e. The van der Waals surface area contributed by atoms with Crippen LogP contribution in [0.5, 0.6) is 0 Å². The molecule has 0 aromatic rings. The lowest BCUT2D eigenvalue weighted by Gasteiger charge is -2.23. The zero-order chi connectivity index (χ0) is 10.4. The molecule has 1 fully saturated rings. The first-order chi connectivity index (χ1) is 6.68. The molecule has 0 atom stereocenters. The number of hydrogen-bond donors (Lipinski definition) is 2. The smallest absolute Gasteiger partial charge is 0.234 e. The molecule has 0 radical (unpaired) electrons. The van der Waals surface area contributed by atoms with Crippen LogP contribution in [0.15, 0.2) is 0 Å². The first-order valence-electron chi connectivity index (χ1n) is 5.30. The Kier molecular flexibility index (Phi) is 11.6. The second-order valence-corrected chi connectivity index (χ2v) is 4.24. The molecule has 2 N–H and O–H groups in total. The highest BCUT2D eigenvalue weighted by molar-refractivity contribution is 5.85. The number of rotatable bonds is 4. The second-order valence-electron chi connectivity index (χ2n) is 4.24. The highest BCUT2D eigenvalue weighted by Gasteiger charge is 2.13. The summed E-state index contributed by atoms with van der Waals surface area (Å²) in [6, 6.07) is 0. The molecule has 1 rings (SSSR count). The fraction of sp³-hybridized carbons (Fsp3) is 0.900. The van der Waals surface area contributed by atoms with Gasteiger partial charge in [0.25, 0.3) is 0 Å². The Morgan fingerprint density at radius 3 is 2.38 bits per heavy atom. The number of likely N-dealkylation sites (N-methyl/N-ethyl adjacent to an activating group) is 1. The van der Waals surface area contributed by atoms with Crippen LogP contribution in [-0.2, 0) is 4.79 Å². The molecular weight excluding hydrogens is 249 g/mol. The van der Waals surface area contributed by atoms with Crippen LogP contribution >= 0.6 is 24.8 Å². The molecule has 0 aliphatic carbocycles. The topological polar surface area (TPSA) is 44.4 Å². The van der Waals surface area contributed by atoms with Crippen LogP contribution in [-0.4, -0.2) is 51.1 Å². The molecule has 6 heteroatoms. The summed E-state index contributed by atoms with van der Waals surface area (Å²) < 4.78 is 0. The van der Waals surface area contributed by atoms with Gasteiger partial charge >= 0.3 is 0 Å². The van der Waals surface area contributed by atoms with Crippen molar-refractivity contribution in [2.75, 3.05) is 40.3 Å². The summed E-state index contributed by atoms with van der Waals surface area (Å²) in [7, 11) is 3.81. The third-order valence-corrected chi connectivity index (χ3v) is 2.51. The molecular formula is C10H23Cl2N3O. The second kappa shape index (κ2) is 10.1. The van der Waals surface area contributed by atoms with Gasteiger partial charge in [-0.1, -0.05) is 0 Å². The number of hydrogen-bond acceptors (Lipinski definition) is 3. The molecule has 1 aliphatic heterocycles. The van der Waals surface area contributed by atoms with Crippen molar-refractivity contribution in [1.29, 1.82) is 0 Å². The van der Waals surface area contributed by atoms with Crippen molar-refractivity contribution in [2.45, 2.75) is 12.8 Å². The number of nitrogens with zero attached hydrogens (tertiary/aromatic N) is 1. The summed E-state index contributed by atoms with van der Waals surface area (Å²) in [5, 5.41) is 6.29. The van der Waals surface area contributed by atoms with E-state index >= 15 is 0 Å². The molecule has 1 amide bonds. The molecule has 0 aromatic heterocycles. The van der Waals surface area contributed by atoms with Crippen molar-refractivity contribution in [2.24, 2.45) is 5.92 Å². The van der Waals surface area contributed by atoms with E-state index in [1.807, 2.05) is 19.0 Å². The SMILES string of the molecule is CN(C)CC(=O)NCC1CCNCC1.Cl.Cl. The van der Waals surface area contributed by atoms with E-state index in [2.05, 4.69) is 10.6 Å². The quantitative estimate of drug-likeness (QED) is 0.783. The summed E-state index contributed by atoms with van der Waals surface area (Å²) in [4.78, 5) is 13.2. The van der Waals surface area contributed by atoms with Crippen LogP contribution in [0, 0.1) is 5.92 Å². The normalized spacial score (nSPS) is 16.2. The van der Waals surface area contributed by atoms with Crippen LogP contribution in [0.1, 0.15) is 12.8 Å². The lowest BCUT2D eigenvalue weighted by molar-refractivity contribution is -0.121. The van der Waals surface area contributed by atoms with E-state index in [9.17, 15) is 4.79 Å². The third kappa shape index (κ3) is 8.16. The number of piperidine rings is 1. The number of carbonyl (C=O) groups excluding carboxylic acids is 1. The monoisotopic (exact) mass is 271 g/mol. The number of halogens is 2. The number of carbonyl (C=O) groups is 1. The van der Waals surface area contributed by atoms with Crippen molar-refractivity contribution in [1.82, 2.24) is 15.5 Å². The molecule has 16 heavy (non-hydrogen) atoms. The Balaban J connectivity index is 0. The molecule has 4 nitrogen and oxygen atoms in total. The lowest BCUT2D eigenvalue weighted by Crippen LogP contribution is -2.39. The molecule has 0 bridgehead atoms. The summed E-state index contributed by atoms with van der Waals surface area (Å²) in [6.07, 6.45) is 2.37. The summed E-state index contributed by atoms with van der Waals surface area (Å²) in [6.45, 7) is 3.52.